The molecule has 39 heteroatoms. The second-order valence-corrected chi connectivity index (χ2v) is 76.1. The van der Waals surface area contributed by atoms with E-state index >= 15 is 0 Å². The molecule has 0 spiro atoms. The van der Waals surface area contributed by atoms with Gasteiger partial charge in [0.1, 0.15) is 11.3 Å². The van der Waals surface area contributed by atoms with Crippen LogP contribution in [0, 0.1) is 0 Å². The topological polar surface area (TPSA) is 46.3 Å². The number of halogens is 1. The van der Waals surface area contributed by atoms with Gasteiger partial charge < -0.3 is 9.52 Å². The fourth-order valence-corrected chi connectivity index (χ4v) is 90.1. The van der Waals surface area contributed by atoms with E-state index in [0.29, 0.717) is 11.6 Å². The SMILES string of the molecule is CC(C)(C)c1cc(C(C)(C)C)c2oc(-c3ccccc3Br)nc2c1.CC(C)(C)c1cc(O)cc(C(C)(C)C)c1.S=S=S=S=S=S=S=S=S=S=S=S=S=S=S=S=S=S=S=S=S=S=S=S=S=S=S=S=S=S=S=S=S=S=S. The minimum absolute atomic E-state index is 0.00969. The van der Waals surface area contributed by atoms with Gasteiger partial charge in [0, 0.05) is 325 Å². The normalized spacial score (nSPS) is 10.4. The molecule has 4 rings (SSSR count). The highest BCUT2D eigenvalue weighted by molar-refractivity contribution is 9.10. The van der Waals surface area contributed by atoms with E-state index in [-0.39, 0.29) is 21.7 Å². The molecule has 0 fully saturated rings. The molecule has 0 saturated carbocycles. The molecule has 0 aliphatic carbocycles. The van der Waals surface area contributed by atoms with Crippen LogP contribution in [0.4, 0.5) is 0 Å². The number of phenols is 1. The van der Waals surface area contributed by atoms with Crippen molar-refractivity contribution in [3.05, 3.63) is 81.3 Å². The van der Waals surface area contributed by atoms with Crippen molar-refractivity contribution in [2.45, 2.75) is 105 Å². The van der Waals surface area contributed by atoms with Crippen LogP contribution >= 0.6 is 15.9 Å². The summed E-state index contributed by atoms with van der Waals surface area (Å²) in [4.78, 5) is 4.80. The molecule has 1 N–H and O–H groups in total. The number of aromatic hydroxyl groups is 1. The van der Waals surface area contributed by atoms with Crippen LogP contribution in [-0.2, 0) is 337 Å². The van der Waals surface area contributed by atoms with Gasteiger partial charge in [-0.3, -0.25) is 0 Å². The average Bonchev–Trinajstić information content (AvgIpc) is 3.76. The highest BCUT2D eigenvalue weighted by Gasteiger charge is 2.26. The molecule has 0 unspecified atom stereocenters. The summed E-state index contributed by atoms with van der Waals surface area (Å²) in [6.45, 7) is 26.3. The summed E-state index contributed by atoms with van der Waals surface area (Å²) < 4.78 is 7.21. The van der Waals surface area contributed by atoms with E-state index in [0.717, 1.165) is 21.1 Å². The fraction of sp³-hybridized carbons (Fsp3) is 0.457. The Balaban J connectivity index is 0.000000412. The number of oxazole rings is 1. The number of hydrogen-bond acceptors (Lipinski definition) is 5. The van der Waals surface area contributed by atoms with Gasteiger partial charge in [-0.2, -0.15) is 0 Å². The van der Waals surface area contributed by atoms with E-state index in [1.165, 1.54) is 40.0 Å². The zero-order valence-corrected chi connectivity index (χ0v) is 70.3. The number of fused-ring (bicyclic) bond motifs is 1. The van der Waals surface area contributed by atoms with Gasteiger partial charge in [0.15, 0.2) is 5.58 Å². The van der Waals surface area contributed by atoms with Crippen molar-refractivity contribution in [3.63, 3.8) is 0 Å². The first kappa shape index (κ1) is 75.2. The Morgan fingerprint density at radius 3 is 0.986 bits per heavy atom. The van der Waals surface area contributed by atoms with E-state index in [1.54, 1.807) is 107 Å². The Labute approximate surface area is 549 Å². The van der Waals surface area contributed by atoms with E-state index < -0.39 is 0 Å². The van der Waals surface area contributed by atoms with E-state index in [2.05, 4.69) is 117 Å². The number of rotatable bonds is 1. The molecule has 0 radical (unpaired) electrons. The lowest BCUT2D eigenvalue weighted by atomic mass is 9.80. The maximum absolute atomic E-state index is 9.72. The smallest absolute Gasteiger partial charge is 0.228 e. The minimum atomic E-state index is -0.00969. The van der Waals surface area contributed by atoms with Crippen LogP contribution in [0.15, 0.2) is 63.5 Å². The van der Waals surface area contributed by atoms with Crippen LogP contribution < -0.4 is 0 Å². The molecule has 1 heterocycles. The summed E-state index contributed by atoms with van der Waals surface area (Å²) in [7, 11) is 58.2. The molecule has 420 valence electrons. The first-order chi connectivity index (χ1) is 35.1. The second kappa shape index (κ2) is 43.7. The number of hydrogen-bond donors (Lipinski definition) is 1. The van der Waals surface area contributed by atoms with Gasteiger partial charge in [0.2, 0.25) is 5.89 Å². The highest BCUT2D eigenvalue weighted by Crippen LogP contribution is 2.38. The summed E-state index contributed by atoms with van der Waals surface area (Å²) in [6.07, 6.45) is 0. The van der Waals surface area contributed by atoms with Crippen LogP contribution in [0.2, 0.25) is 0 Å². The van der Waals surface area contributed by atoms with Gasteiger partial charge >= 0.3 is 0 Å². The van der Waals surface area contributed by atoms with Crippen molar-refractivity contribution in [2.24, 2.45) is 0 Å². The molecule has 0 saturated heterocycles. The van der Waals surface area contributed by atoms with Crippen LogP contribution in [-0.4, -0.2) is 10.1 Å². The van der Waals surface area contributed by atoms with Gasteiger partial charge in [0.25, 0.3) is 0 Å². The molecule has 4 aromatic rings. The summed E-state index contributed by atoms with van der Waals surface area (Å²) in [5, 5.41) is 9.72. The lowest BCUT2D eigenvalue weighted by Gasteiger charge is -2.25. The van der Waals surface area contributed by atoms with Gasteiger partial charge in [-0.05, 0) is 84.6 Å². The molecule has 0 aliphatic heterocycles. The number of benzene rings is 3. The Kier molecular flexibility index (Phi) is 44.4. The molecule has 0 amide bonds. The van der Waals surface area contributed by atoms with Crippen molar-refractivity contribution in [2.75, 3.05) is 0 Å². The summed E-state index contributed by atoms with van der Waals surface area (Å²) in [6, 6.07) is 18.4. The third-order valence-electron chi connectivity index (χ3n) is 7.81. The molecule has 3 nitrogen and oxygen atoms in total. The highest BCUT2D eigenvalue weighted by atomic mass is 79.9. The van der Waals surface area contributed by atoms with Crippen LogP contribution in [0.25, 0.3) is 22.6 Å². The molecule has 0 aliphatic rings. The molecular formula is C35H46BrNO2S35. The molecule has 0 bridgehead atoms. The molecule has 0 atom stereocenters. The van der Waals surface area contributed by atoms with Crippen LogP contribution in [0.5, 0.6) is 5.75 Å². The van der Waals surface area contributed by atoms with Gasteiger partial charge in [-0.25, -0.2) is 4.98 Å². The lowest BCUT2D eigenvalue weighted by molar-refractivity contribution is 0.466. The number of phenolic OH excluding ortho intramolecular Hbond substituents is 1. The van der Waals surface area contributed by atoms with E-state index in [9.17, 15) is 5.11 Å². The van der Waals surface area contributed by atoms with Crippen molar-refractivity contribution in [3.8, 4) is 17.2 Å². The lowest BCUT2D eigenvalue weighted by Crippen LogP contribution is -2.16. The van der Waals surface area contributed by atoms with Crippen molar-refractivity contribution in [1.29, 1.82) is 0 Å². The number of aromatic nitrogens is 1. The predicted molar refractivity (Wildman–Crippen MR) is 428 cm³/mol. The van der Waals surface area contributed by atoms with E-state index in [1.807, 2.05) is 205 Å². The largest absolute Gasteiger partial charge is 0.508 e. The Bertz CT molecular complexity index is 4060. The first-order valence-corrected chi connectivity index (χ1v) is 65.5. The quantitative estimate of drug-likeness (QED) is 0.206. The average molecular weight is 1720 g/mol. The van der Waals surface area contributed by atoms with Crippen molar-refractivity contribution >= 4 is 342 Å². The van der Waals surface area contributed by atoms with Crippen molar-refractivity contribution < 1.29 is 9.52 Å². The summed E-state index contributed by atoms with van der Waals surface area (Å²) >= 11 is 13.2. The third-order valence-corrected chi connectivity index (χ3v) is 79.6. The third kappa shape index (κ3) is 35.5. The maximum Gasteiger partial charge on any atom is 0.228 e. The zero-order valence-electron chi connectivity index (χ0n) is 40.2. The molecule has 3 aromatic carbocycles. The van der Waals surface area contributed by atoms with E-state index in [4.69, 9.17) is 31.8 Å². The Morgan fingerprint density at radius 2 is 0.703 bits per heavy atom. The maximum atomic E-state index is 9.72. The van der Waals surface area contributed by atoms with Gasteiger partial charge in [-0.15, -0.1) is 0 Å². The van der Waals surface area contributed by atoms with Crippen LogP contribution in [0.1, 0.15) is 105 Å². The Morgan fingerprint density at radius 1 is 0.405 bits per heavy atom. The molecular weight excluding hydrogens is 1670 g/mol. The monoisotopic (exact) mass is 1710 g/mol. The van der Waals surface area contributed by atoms with Gasteiger partial charge in [0.05, 0.1) is 5.56 Å². The first-order valence-electron chi connectivity index (χ1n) is 19.4. The van der Waals surface area contributed by atoms with Crippen LogP contribution in [0.3, 0.4) is 0 Å². The van der Waals surface area contributed by atoms with Gasteiger partial charge in [-0.1, -0.05) is 107 Å². The standard InChI is InChI=1S/C21H24BrNO.C14H22O.S35/c1-20(2,3)13-11-15(21(4,5)6)18-17(12-13)23-19(24-18)14-9-7-8-10-16(14)22;1-13(2,3)10-7-11(14(4,5)6)9-12(15)8-10;1-3-5-7-9-11-13-15-17-19-21-23-25-27-29-31-33-35-34-32-30-28-26-24-22-20-18-16-14-12-10-8-6-4-2/h7-12H,1-6H3;7-9,15H,1-6H3;. The molecule has 1 aromatic heterocycles. The zero-order chi connectivity index (χ0) is 54.9. The summed E-state index contributed by atoms with van der Waals surface area (Å²) in [5.41, 5.74) is 7.88. The fourth-order valence-electron chi connectivity index (χ4n) is 4.60. The molecule has 74 heavy (non-hydrogen) atoms. The Hall–Kier alpha value is 5.11. The van der Waals surface area contributed by atoms with Crippen molar-refractivity contribution in [1.82, 2.24) is 4.98 Å². The summed E-state index contributed by atoms with van der Waals surface area (Å²) in [5.74, 6) is 1.03. The number of nitrogens with zero attached hydrogens (tertiary/aromatic N) is 1. The second-order valence-electron chi connectivity index (χ2n) is 16.9. The minimum Gasteiger partial charge on any atom is -0.508 e. The predicted octanol–water partition coefficient (Wildman–Crippen LogP) is 10.8.